The van der Waals surface area contributed by atoms with Crippen LogP contribution in [0.4, 0.5) is 5.69 Å². The molecule has 0 radical (unpaired) electrons. The summed E-state index contributed by atoms with van der Waals surface area (Å²) in [5.41, 5.74) is 3.63. The van der Waals surface area contributed by atoms with Crippen LogP contribution >= 0.6 is 11.8 Å². The molecule has 2 aliphatic rings. The highest BCUT2D eigenvalue weighted by molar-refractivity contribution is 8.15. The Labute approximate surface area is 129 Å². The van der Waals surface area contributed by atoms with E-state index in [9.17, 15) is 0 Å². The highest BCUT2D eigenvalue weighted by Gasteiger charge is 2.35. The van der Waals surface area contributed by atoms with Crippen LogP contribution in [0.5, 0.6) is 0 Å². The molecule has 2 aromatic rings. The normalized spacial score (nSPS) is 21.1. The molecule has 2 nitrogen and oxygen atoms in total. The largest absolute Gasteiger partial charge is 0.335 e. The Hall–Kier alpha value is -1.74. The number of benzene rings is 2. The maximum absolute atomic E-state index is 4.62. The van der Waals surface area contributed by atoms with Gasteiger partial charge in [0.15, 0.2) is 5.17 Å². The first-order valence-electron chi connectivity index (χ1n) is 7.52. The van der Waals surface area contributed by atoms with Crippen molar-refractivity contribution in [3.63, 3.8) is 0 Å². The van der Waals surface area contributed by atoms with Gasteiger partial charge in [-0.15, -0.1) is 0 Å². The van der Waals surface area contributed by atoms with Crippen molar-refractivity contribution in [2.24, 2.45) is 10.9 Å². The van der Waals surface area contributed by atoms with Gasteiger partial charge in [0.2, 0.25) is 0 Å². The number of rotatable bonds is 3. The molecule has 4 rings (SSSR count). The van der Waals surface area contributed by atoms with Gasteiger partial charge in [-0.1, -0.05) is 54.2 Å². The molecule has 0 amide bonds. The highest BCUT2D eigenvalue weighted by atomic mass is 32.2. The molecule has 0 bridgehead atoms. The standard InChI is InChI=1S/C18H18N2S/c1-2-4-13(5-3-1)14-8-10-16(11-9-14)20-18-19-12-17(21-18)15-6-7-15/h1-5,8-11,15,17H,6-7,12H2,(H,19,20). The molecule has 0 aromatic heterocycles. The molecule has 1 N–H and O–H groups in total. The van der Waals surface area contributed by atoms with Crippen molar-refractivity contribution in [1.29, 1.82) is 0 Å². The van der Waals surface area contributed by atoms with Gasteiger partial charge in [-0.2, -0.15) is 0 Å². The summed E-state index contributed by atoms with van der Waals surface area (Å²) in [6.07, 6.45) is 2.79. The zero-order valence-corrected chi connectivity index (χ0v) is 12.6. The molecule has 1 fully saturated rings. The molecule has 3 heteroatoms. The van der Waals surface area contributed by atoms with Crippen LogP contribution in [0, 0.1) is 5.92 Å². The van der Waals surface area contributed by atoms with Crippen molar-refractivity contribution >= 4 is 22.6 Å². The van der Waals surface area contributed by atoms with E-state index in [1.54, 1.807) is 0 Å². The van der Waals surface area contributed by atoms with Crippen LogP contribution in [0.3, 0.4) is 0 Å². The zero-order valence-electron chi connectivity index (χ0n) is 11.8. The molecule has 0 saturated heterocycles. The van der Waals surface area contributed by atoms with E-state index >= 15 is 0 Å². The first-order chi connectivity index (χ1) is 10.4. The van der Waals surface area contributed by atoms with E-state index in [0.29, 0.717) is 0 Å². The Balaban J connectivity index is 1.42. The number of nitrogens with one attached hydrogen (secondary N) is 1. The van der Waals surface area contributed by atoms with Gasteiger partial charge in [-0.05, 0) is 42.0 Å². The van der Waals surface area contributed by atoms with Crippen LogP contribution in [0.2, 0.25) is 0 Å². The average molecular weight is 294 g/mol. The number of hydrogen-bond donors (Lipinski definition) is 1. The zero-order chi connectivity index (χ0) is 14.1. The van der Waals surface area contributed by atoms with Gasteiger partial charge in [0.05, 0.1) is 6.54 Å². The lowest BCUT2D eigenvalue weighted by Crippen LogP contribution is -2.08. The van der Waals surface area contributed by atoms with Crippen molar-refractivity contribution < 1.29 is 0 Å². The monoisotopic (exact) mass is 294 g/mol. The molecule has 1 saturated carbocycles. The van der Waals surface area contributed by atoms with E-state index < -0.39 is 0 Å². The summed E-state index contributed by atoms with van der Waals surface area (Å²) >= 11 is 1.92. The lowest BCUT2D eigenvalue weighted by atomic mass is 10.1. The molecule has 1 aliphatic carbocycles. The molecule has 1 atom stereocenters. The third-order valence-electron chi connectivity index (χ3n) is 4.07. The second-order valence-electron chi connectivity index (χ2n) is 5.71. The van der Waals surface area contributed by atoms with Crippen molar-refractivity contribution in [2.75, 3.05) is 11.9 Å². The minimum absolute atomic E-state index is 0.719. The summed E-state index contributed by atoms with van der Waals surface area (Å²) in [5, 5.41) is 5.25. The van der Waals surface area contributed by atoms with Crippen molar-refractivity contribution in [1.82, 2.24) is 0 Å². The Morgan fingerprint density at radius 3 is 2.33 bits per heavy atom. The van der Waals surface area contributed by atoms with E-state index in [0.717, 1.165) is 28.6 Å². The maximum Gasteiger partial charge on any atom is 0.161 e. The molecule has 1 unspecified atom stereocenters. The number of amidine groups is 1. The van der Waals surface area contributed by atoms with Crippen LogP contribution in [-0.2, 0) is 0 Å². The Kier molecular flexibility index (Phi) is 3.44. The minimum atomic E-state index is 0.719. The number of anilines is 1. The van der Waals surface area contributed by atoms with Crippen LogP contribution in [0.25, 0.3) is 11.1 Å². The third kappa shape index (κ3) is 2.98. The van der Waals surface area contributed by atoms with Gasteiger partial charge in [-0.3, -0.25) is 4.99 Å². The molecule has 2 aromatic carbocycles. The highest BCUT2D eigenvalue weighted by Crippen LogP contribution is 2.42. The maximum atomic E-state index is 4.62. The van der Waals surface area contributed by atoms with Crippen molar-refractivity contribution in [3.8, 4) is 11.1 Å². The third-order valence-corrected chi connectivity index (χ3v) is 5.36. The van der Waals surface area contributed by atoms with E-state index in [2.05, 4.69) is 58.8 Å². The predicted molar refractivity (Wildman–Crippen MR) is 91.9 cm³/mol. The lowest BCUT2D eigenvalue weighted by molar-refractivity contribution is 0.773. The Morgan fingerprint density at radius 1 is 0.905 bits per heavy atom. The first kappa shape index (κ1) is 13.0. The van der Waals surface area contributed by atoms with Gasteiger partial charge < -0.3 is 5.32 Å². The van der Waals surface area contributed by atoms with Crippen molar-refractivity contribution in [2.45, 2.75) is 18.1 Å². The fourth-order valence-electron chi connectivity index (χ4n) is 2.67. The SMILES string of the molecule is c1ccc(-c2ccc(NC3=NCC(C4CC4)S3)cc2)cc1. The smallest absolute Gasteiger partial charge is 0.161 e. The molecule has 1 heterocycles. The minimum Gasteiger partial charge on any atom is -0.335 e. The Bertz CT molecular complexity index is 645. The van der Waals surface area contributed by atoms with Gasteiger partial charge in [0.25, 0.3) is 0 Å². The molecular formula is C18H18N2S. The topological polar surface area (TPSA) is 24.4 Å². The van der Waals surface area contributed by atoms with E-state index in [1.165, 1.54) is 24.0 Å². The summed E-state index contributed by atoms with van der Waals surface area (Å²) in [6.45, 7) is 0.986. The number of thioether (sulfide) groups is 1. The summed E-state index contributed by atoms with van der Waals surface area (Å²) < 4.78 is 0. The van der Waals surface area contributed by atoms with Gasteiger partial charge in [0, 0.05) is 10.9 Å². The fourth-order valence-corrected chi connectivity index (χ4v) is 3.90. The summed E-state index contributed by atoms with van der Waals surface area (Å²) in [5.74, 6) is 0.915. The lowest BCUT2D eigenvalue weighted by Gasteiger charge is -2.08. The van der Waals surface area contributed by atoms with Crippen LogP contribution < -0.4 is 5.32 Å². The first-order valence-corrected chi connectivity index (χ1v) is 8.40. The van der Waals surface area contributed by atoms with Crippen LogP contribution in [0.15, 0.2) is 59.6 Å². The molecular weight excluding hydrogens is 276 g/mol. The number of nitrogens with zero attached hydrogens (tertiary/aromatic N) is 1. The molecule has 21 heavy (non-hydrogen) atoms. The average Bonchev–Trinajstić information content (AvgIpc) is 3.29. The second kappa shape index (κ2) is 5.57. The van der Waals surface area contributed by atoms with Crippen LogP contribution in [-0.4, -0.2) is 17.0 Å². The molecule has 0 spiro atoms. The number of aliphatic imine (C=N–C) groups is 1. The van der Waals surface area contributed by atoms with E-state index in [4.69, 9.17) is 0 Å². The van der Waals surface area contributed by atoms with Gasteiger partial charge >= 0.3 is 0 Å². The molecule has 1 aliphatic heterocycles. The fraction of sp³-hybridized carbons (Fsp3) is 0.278. The predicted octanol–water partition coefficient (Wildman–Crippen LogP) is 4.65. The van der Waals surface area contributed by atoms with Crippen LogP contribution in [0.1, 0.15) is 12.8 Å². The van der Waals surface area contributed by atoms with Crippen molar-refractivity contribution in [3.05, 3.63) is 54.6 Å². The van der Waals surface area contributed by atoms with E-state index in [1.807, 2.05) is 17.8 Å². The quantitative estimate of drug-likeness (QED) is 0.891. The summed E-state index contributed by atoms with van der Waals surface area (Å²) in [6, 6.07) is 19.1. The van der Waals surface area contributed by atoms with Gasteiger partial charge in [-0.25, -0.2) is 0 Å². The Morgan fingerprint density at radius 2 is 1.62 bits per heavy atom. The summed E-state index contributed by atoms with van der Waals surface area (Å²) in [7, 11) is 0. The summed E-state index contributed by atoms with van der Waals surface area (Å²) in [4.78, 5) is 4.62. The van der Waals surface area contributed by atoms with Gasteiger partial charge in [0.1, 0.15) is 0 Å². The van der Waals surface area contributed by atoms with E-state index in [-0.39, 0.29) is 0 Å². The molecule has 106 valence electrons. The second-order valence-corrected chi connectivity index (χ2v) is 6.94. The number of hydrogen-bond acceptors (Lipinski definition) is 3.